The topological polar surface area (TPSA) is 98.1 Å². The van der Waals surface area contributed by atoms with Crippen LogP contribution in [0.4, 0.5) is 15.1 Å². The Hall–Kier alpha value is -2.92. The van der Waals surface area contributed by atoms with Crippen LogP contribution in [0.5, 0.6) is 0 Å². The van der Waals surface area contributed by atoms with Crippen LogP contribution >= 0.6 is 23.1 Å². The molecule has 0 fully saturated rings. The number of rotatable bonds is 9. The predicted molar refractivity (Wildman–Crippen MR) is 131 cm³/mol. The number of amides is 1. The number of halogens is 1. The second-order valence-corrected chi connectivity index (χ2v) is 9.84. The lowest BCUT2D eigenvalue weighted by molar-refractivity contribution is -0.113. The summed E-state index contributed by atoms with van der Waals surface area (Å²) >= 11 is 2.74. The number of hydrogen-bond donors (Lipinski definition) is 2. The van der Waals surface area contributed by atoms with Gasteiger partial charge in [0.1, 0.15) is 10.8 Å². The number of fused-ring (bicyclic) bond motifs is 1. The molecule has 1 aliphatic rings. The van der Waals surface area contributed by atoms with Crippen LogP contribution in [0, 0.1) is 5.82 Å². The predicted octanol–water partition coefficient (Wildman–Crippen LogP) is 4.41. The van der Waals surface area contributed by atoms with Crippen molar-refractivity contribution in [1.82, 2.24) is 14.8 Å². The van der Waals surface area contributed by atoms with Gasteiger partial charge in [0.2, 0.25) is 5.91 Å². The Morgan fingerprint density at radius 3 is 2.74 bits per heavy atom. The zero-order valence-corrected chi connectivity index (χ0v) is 20.7. The molecule has 0 saturated heterocycles. The lowest BCUT2D eigenvalue weighted by atomic mass is 9.95. The third kappa shape index (κ3) is 5.58. The molecule has 11 heteroatoms. The van der Waals surface area contributed by atoms with Crippen LogP contribution in [0.3, 0.4) is 0 Å². The Labute approximate surface area is 205 Å². The number of thiophene rings is 1. The summed E-state index contributed by atoms with van der Waals surface area (Å²) in [5, 5.41) is 15.6. The Morgan fingerprint density at radius 2 is 1.97 bits per heavy atom. The highest BCUT2D eigenvalue weighted by Gasteiger charge is 2.27. The first-order valence-corrected chi connectivity index (χ1v) is 12.9. The Balaban J connectivity index is 1.37. The van der Waals surface area contributed by atoms with E-state index in [1.165, 1.54) is 35.2 Å². The number of hydrogen-bond acceptors (Lipinski definition) is 8. The average Bonchev–Trinajstić information content (AvgIpc) is 3.37. The van der Waals surface area contributed by atoms with E-state index in [-0.39, 0.29) is 30.1 Å². The average molecular weight is 504 g/mol. The SMILES string of the molecule is CCOC(=O)c1c(NC(=O)CSc2nnc(CNc3ccc(F)cc3)n2C)sc2c1CCCC2. The van der Waals surface area contributed by atoms with Gasteiger partial charge in [-0.05, 0) is 62.4 Å². The van der Waals surface area contributed by atoms with E-state index in [4.69, 9.17) is 4.74 Å². The minimum Gasteiger partial charge on any atom is -0.462 e. The standard InChI is InChI=1S/C23H26FN5O3S2/c1-3-32-22(31)20-16-6-4-5-7-17(16)34-21(20)26-19(30)13-33-23-28-27-18(29(23)2)12-25-15-10-8-14(24)9-11-15/h8-11,25H,3-7,12-13H2,1-2H3,(H,26,30). The van der Waals surface area contributed by atoms with E-state index in [0.717, 1.165) is 41.8 Å². The van der Waals surface area contributed by atoms with Gasteiger partial charge in [0, 0.05) is 17.6 Å². The monoisotopic (exact) mass is 503 g/mol. The van der Waals surface area contributed by atoms with E-state index in [1.54, 1.807) is 19.1 Å². The molecule has 3 aromatic rings. The molecule has 0 aliphatic heterocycles. The normalized spacial score (nSPS) is 12.8. The number of thioether (sulfide) groups is 1. The number of ether oxygens (including phenoxy) is 1. The number of benzene rings is 1. The van der Waals surface area contributed by atoms with Crippen molar-refractivity contribution < 1.29 is 18.7 Å². The number of aryl methyl sites for hydroxylation is 1. The van der Waals surface area contributed by atoms with Crippen molar-refractivity contribution in [1.29, 1.82) is 0 Å². The van der Waals surface area contributed by atoms with Crippen molar-refractivity contribution in [3.8, 4) is 0 Å². The third-order valence-corrected chi connectivity index (χ3v) is 7.68. The van der Waals surface area contributed by atoms with Crippen LogP contribution in [0.25, 0.3) is 0 Å². The van der Waals surface area contributed by atoms with Crippen molar-refractivity contribution in [2.45, 2.75) is 44.3 Å². The molecule has 180 valence electrons. The maximum atomic E-state index is 13.0. The van der Waals surface area contributed by atoms with E-state index in [9.17, 15) is 14.0 Å². The Kier molecular flexibility index (Phi) is 7.84. The smallest absolute Gasteiger partial charge is 0.341 e. The highest BCUT2D eigenvalue weighted by Crippen LogP contribution is 2.38. The molecule has 0 atom stereocenters. The molecule has 2 heterocycles. The van der Waals surface area contributed by atoms with E-state index < -0.39 is 0 Å². The molecule has 2 N–H and O–H groups in total. The first-order chi connectivity index (χ1) is 16.5. The van der Waals surface area contributed by atoms with E-state index in [1.807, 2.05) is 11.6 Å². The van der Waals surface area contributed by atoms with Gasteiger partial charge in [-0.15, -0.1) is 21.5 Å². The number of nitrogens with one attached hydrogen (secondary N) is 2. The van der Waals surface area contributed by atoms with Crippen LogP contribution in [0.1, 0.15) is 46.4 Å². The first-order valence-electron chi connectivity index (χ1n) is 11.1. The maximum absolute atomic E-state index is 13.0. The number of aromatic nitrogens is 3. The molecule has 1 aromatic carbocycles. The fraction of sp³-hybridized carbons (Fsp3) is 0.391. The highest BCUT2D eigenvalue weighted by atomic mass is 32.2. The summed E-state index contributed by atoms with van der Waals surface area (Å²) in [7, 11) is 1.83. The van der Waals surface area contributed by atoms with Crippen molar-refractivity contribution in [3.05, 3.63) is 51.9 Å². The summed E-state index contributed by atoms with van der Waals surface area (Å²) in [6.07, 6.45) is 3.87. The Morgan fingerprint density at radius 1 is 1.21 bits per heavy atom. The zero-order chi connectivity index (χ0) is 24.1. The summed E-state index contributed by atoms with van der Waals surface area (Å²) in [6.45, 7) is 2.47. The molecule has 34 heavy (non-hydrogen) atoms. The van der Waals surface area contributed by atoms with Gasteiger partial charge < -0.3 is 19.9 Å². The van der Waals surface area contributed by atoms with Gasteiger partial charge in [0.05, 0.1) is 24.5 Å². The third-order valence-electron chi connectivity index (χ3n) is 5.46. The lowest BCUT2D eigenvalue weighted by Gasteiger charge is -2.12. The molecule has 8 nitrogen and oxygen atoms in total. The summed E-state index contributed by atoms with van der Waals surface area (Å²) in [5.41, 5.74) is 2.30. The number of esters is 1. The summed E-state index contributed by atoms with van der Waals surface area (Å²) in [5.74, 6) is -0.0806. The van der Waals surface area contributed by atoms with Gasteiger partial charge in [-0.1, -0.05) is 11.8 Å². The van der Waals surface area contributed by atoms with Crippen LogP contribution in [-0.2, 0) is 36.0 Å². The van der Waals surface area contributed by atoms with Gasteiger partial charge in [-0.25, -0.2) is 9.18 Å². The quantitative estimate of drug-likeness (QED) is 0.330. The number of carbonyl (C=O) groups excluding carboxylic acids is 2. The molecule has 1 aliphatic carbocycles. The van der Waals surface area contributed by atoms with Gasteiger partial charge in [0.25, 0.3) is 0 Å². The largest absolute Gasteiger partial charge is 0.462 e. The first kappa shape index (κ1) is 24.2. The van der Waals surface area contributed by atoms with Gasteiger partial charge in [-0.2, -0.15) is 0 Å². The molecular weight excluding hydrogens is 477 g/mol. The van der Waals surface area contributed by atoms with E-state index in [0.29, 0.717) is 28.1 Å². The van der Waals surface area contributed by atoms with Gasteiger partial charge in [-0.3, -0.25) is 4.79 Å². The van der Waals surface area contributed by atoms with Crippen molar-refractivity contribution in [3.63, 3.8) is 0 Å². The molecule has 1 amide bonds. The van der Waals surface area contributed by atoms with E-state index in [2.05, 4.69) is 20.8 Å². The summed E-state index contributed by atoms with van der Waals surface area (Å²) in [4.78, 5) is 26.4. The van der Waals surface area contributed by atoms with Crippen LogP contribution in [0.15, 0.2) is 29.4 Å². The number of anilines is 2. The molecule has 0 spiro atoms. The second kappa shape index (κ2) is 11.0. The number of nitrogens with zero attached hydrogens (tertiary/aromatic N) is 3. The van der Waals surface area contributed by atoms with Gasteiger partial charge >= 0.3 is 5.97 Å². The maximum Gasteiger partial charge on any atom is 0.341 e. The van der Waals surface area contributed by atoms with Crippen molar-refractivity contribution >= 4 is 45.7 Å². The molecule has 0 unspecified atom stereocenters. The summed E-state index contributed by atoms with van der Waals surface area (Å²) in [6, 6.07) is 6.07. The van der Waals surface area contributed by atoms with Crippen LogP contribution < -0.4 is 10.6 Å². The molecular formula is C23H26FN5O3S2. The lowest BCUT2D eigenvalue weighted by Crippen LogP contribution is -2.17. The fourth-order valence-corrected chi connectivity index (χ4v) is 5.76. The highest BCUT2D eigenvalue weighted by molar-refractivity contribution is 7.99. The number of carbonyl (C=O) groups is 2. The van der Waals surface area contributed by atoms with Crippen molar-refractivity contribution in [2.24, 2.45) is 7.05 Å². The van der Waals surface area contributed by atoms with Gasteiger partial charge in [0.15, 0.2) is 11.0 Å². The zero-order valence-electron chi connectivity index (χ0n) is 19.0. The molecule has 2 aromatic heterocycles. The fourth-order valence-electron chi connectivity index (χ4n) is 3.74. The minimum atomic E-state index is -0.378. The molecule has 0 bridgehead atoms. The van der Waals surface area contributed by atoms with Crippen molar-refractivity contribution in [2.75, 3.05) is 23.0 Å². The van der Waals surface area contributed by atoms with Crippen LogP contribution in [-0.4, -0.2) is 39.0 Å². The van der Waals surface area contributed by atoms with Crippen LogP contribution in [0.2, 0.25) is 0 Å². The molecule has 4 rings (SSSR count). The minimum absolute atomic E-state index is 0.127. The summed E-state index contributed by atoms with van der Waals surface area (Å²) < 4.78 is 20.1. The molecule has 0 radical (unpaired) electrons. The molecule has 0 saturated carbocycles. The second-order valence-electron chi connectivity index (χ2n) is 7.79. The van der Waals surface area contributed by atoms with E-state index >= 15 is 0 Å². The Bertz CT molecular complexity index is 1180.